The Morgan fingerprint density at radius 3 is 2.24 bits per heavy atom. The summed E-state index contributed by atoms with van der Waals surface area (Å²) >= 11 is 7.50. The van der Waals surface area contributed by atoms with Crippen molar-refractivity contribution in [3.8, 4) is 5.75 Å². The number of carbonyl (C=O) groups is 1. The molecule has 1 atom stereocenters. The standard InChI is InChI=1S/C25H23ClF9N3O2S/c1-22(8-3-9-41-2)13-38(37-21(22)14-4-6-16(18(26)10-14)23(27,28)29)12-20(39)36-15-5-7-17(24(30,31)32)19(11-15)40-25(33,34)35/h4-7,10-11H,3,8-9,12-13H2,1-2H3,(H,36,39). The van der Waals surface area contributed by atoms with Gasteiger partial charge in [-0.3, -0.25) is 9.80 Å². The number of alkyl halides is 9. The van der Waals surface area contributed by atoms with Crippen LogP contribution in [0.3, 0.4) is 0 Å². The number of anilines is 1. The van der Waals surface area contributed by atoms with E-state index in [9.17, 15) is 44.3 Å². The first-order chi connectivity index (χ1) is 18.8. The number of hydrazone groups is 1. The van der Waals surface area contributed by atoms with Gasteiger partial charge in [-0.05, 0) is 54.7 Å². The Bertz CT molecular complexity index is 1300. The smallest absolute Gasteiger partial charge is 0.405 e. The molecule has 226 valence electrons. The third-order valence-corrected chi connectivity index (χ3v) is 7.10. The molecule has 0 aliphatic carbocycles. The highest BCUT2D eigenvalue weighted by atomic mass is 35.5. The van der Waals surface area contributed by atoms with Gasteiger partial charge in [0.05, 0.1) is 21.9 Å². The topological polar surface area (TPSA) is 53.9 Å². The number of nitrogens with zero attached hydrogens (tertiary/aromatic N) is 2. The second-order valence-electron chi connectivity index (χ2n) is 9.43. The van der Waals surface area contributed by atoms with Crippen LogP contribution in [0.1, 0.15) is 36.5 Å². The van der Waals surface area contributed by atoms with Crippen LogP contribution in [0, 0.1) is 5.41 Å². The van der Waals surface area contributed by atoms with Gasteiger partial charge in [0.2, 0.25) is 5.91 Å². The van der Waals surface area contributed by atoms with Crippen molar-refractivity contribution in [2.75, 3.05) is 30.4 Å². The molecule has 41 heavy (non-hydrogen) atoms. The van der Waals surface area contributed by atoms with Gasteiger partial charge in [0.1, 0.15) is 12.3 Å². The number of halogens is 10. The minimum Gasteiger partial charge on any atom is -0.405 e. The Hall–Kier alpha value is -2.81. The number of amides is 1. The third kappa shape index (κ3) is 8.60. The van der Waals surface area contributed by atoms with E-state index in [1.807, 2.05) is 13.2 Å². The number of ether oxygens (including phenoxy) is 1. The molecule has 0 bridgehead atoms. The van der Waals surface area contributed by atoms with Gasteiger partial charge < -0.3 is 10.1 Å². The van der Waals surface area contributed by atoms with E-state index in [1.165, 1.54) is 11.1 Å². The van der Waals surface area contributed by atoms with E-state index in [1.54, 1.807) is 11.8 Å². The number of rotatable bonds is 9. The largest absolute Gasteiger partial charge is 0.573 e. The molecule has 0 radical (unpaired) electrons. The zero-order chi connectivity index (χ0) is 30.8. The Labute approximate surface area is 238 Å². The number of nitrogens with one attached hydrogen (secondary N) is 1. The summed E-state index contributed by atoms with van der Waals surface area (Å²) in [6.45, 7) is 1.54. The Morgan fingerprint density at radius 2 is 1.68 bits per heavy atom. The van der Waals surface area contributed by atoms with Crippen LogP contribution >= 0.6 is 23.4 Å². The van der Waals surface area contributed by atoms with Gasteiger partial charge in [0.15, 0.2) is 0 Å². The predicted octanol–water partition coefficient (Wildman–Crippen LogP) is 8.08. The van der Waals surface area contributed by atoms with Crippen molar-refractivity contribution in [1.29, 1.82) is 0 Å². The summed E-state index contributed by atoms with van der Waals surface area (Å²) in [7, 11) is 0. The number of carbonyl (C=O) groups excluding carboxylic acids is 1. The number of hydrogen-bond donors (Lipinski definition) is 1. The molecule has 1 N–H and O–H groups in total. The van der Waals surface area contributed by atoms with Crippen LogP contribution in [0.15, 0.2) is 41.5 Å². The molecule has 1 aliphatic heterocycles. The van der Waals surface area contributed by atoms with Crippen LogP contribution < -0.4 is 10.1 Å². The van der Waals surface area contributed by atoms with Crippen LogP contribution in [0.4, 0.5) is 45.2 Å². The van der Waals surface area contributed by atoms with E-state index in [2.05, 4.69) is 15.2 Å². The Balaban J connectivity index is 1.85. The molecule has 2 aromatic carbocycles. The summed E-state index contributed by atoms with van der Waals surface area (Å²) < 4.78 is 121. The lowest BCUT2D eigenvalue weighted by Gasteiger charge is -2.27. The highest BCUT2D eigenvalue weighted by molar-refractivity contribution is 7.98. The summed E-state index contributed by atoms with van der Waals surface area (Å²) in [5, 5.41) is 7.46. The van der Waals surface area contributed by atoms with E-state index in [-0.39, 0.29) is 12.2 Å². The molecule has 0 saturated carbocycles. The maximum atomic E-state index is 13.2. The molecule has 3 rings (SSSR count). The fourth-order valence-corrected chi connectivity index (χ4v) is 5.10. The van der Waals surface area contributed by atoms with Gasteiger partial charge >= 0.3 is 18.7 Å². The van der Waals surface area contributed by atoms with Crippen molar-refractivity contribution in [2.24, 2.45) is 10.5 Å². The van der Waals surface area contributed by atoms with Crippen molar-refractivity contribution in [1.82, 2.24) is 5.01 Å². The number of benzene rings is 2. The molecule has 2 aromatic rings. The van der Waals surface area contributed by atoms with Gasteiger partial charge in [0.25, 0.3) is 0 Å². The van der Waals surface area contributed by atoms with Crippen LogP contribution in [-0.2, 0) is 17.1 Å². The van der Waals surface area contributed by atoms with E-state index in [0.717, 1.165) is 30.4 Å². The van der Waals surface area contributed by atoms with E-state index < -0.39 is 58.5 Å². The maximum absolute atomic E-state index is 13.2. The third-order valence-electron chi connectivity index (χ3n) is 6.09. The van der Waals surface area contributed by atoms with Gasteiger partial charge in [0, 0.05) is 23.7 Å². The molecule has 1 aliphatic rings. The second kappa shape index (κ2) is 12.2. The molecular weight excluding hydrogens is 613 g/mol. The molecular formula is C25H23ClF9N3O2S. The first-order valence-corrected chi connectivity index (χ1v) is 13.6. The number of thioether (sulfide) groups is 1. The van der Waals surface area contributed by atoms with E-state index in [4.69, 9.17) is 11.6 Å². The van der Waals surface area contributed by atoms with E-state index in [0.29, 0.717) is 29.8 Å². The van der Waals surface area contributed by atoms with E-state index >= 15 is 0 Å². The van der Waals surface area contributed by atoms with Crippen LogP contribution in [0.2, 0.25) is 5.02 Å². The summed E-state index contributed by atoms with van der Waals surface area (Å²) in [6, 6.07) is 4.74. The first-order valence-electron chi connectivity index (χ1n) is 11.8. The Morgan fingerprint density at radius 1 is 1.05 bits per heavy atom. The molecule has 5 nitrogen and oxygen atoms in total. The summed E-state index contributed by atoms with van der Waals surface area (Å²) in [5.74, 6) is -1.57. The quantitative estimate of drug-likeness (QED) is 0.224. The Kier molecular flexibility index (Phi) is 9.73. The van der Waals surface area contributed by atoms with Crippen molar-refractivity contribution >= 4 is 40.7 Å². The SMILES string of the molecule is CSCCCC1(C)CN(CC(=O)Nc2ccc(C(F)(F)F)c(OC(F)(F)F)c2)N=C1c1ccc(C(F)(F)F)c(Cl)c1. The van der Waals surface area contributed by atoms with Crippen molar-refractivity contribution in [3.05, 3.63) is 58.1 Å². The molecule has 1 amide bonds. The molecule has 0 spiro atoms. The molecule has 0 aromatic heterocycles. The average molecular weight is 636 g/mol. The van der Waals surface area contributed by atoms with Crippen LogP contribution in [-0.4, -0.2) is 48.1 Å². The molecule has 1 heterocycles. The maximum Gasteiger partial charge on any atom is 0.573 e. The molecule has 16 heteroatoms. The fraction of sp³-hybridized carbons (Fsp3) is 0.440. The highest BCUT2D eigenvalue weighted by Crippen LogP contribution is 2.41. The minimum atomic E-state index is -5.41. The summed E-state index contributed by atoms with van der Waals surface area (Å²) in [6.07, 6.45) is -12.0. The average Bonchev–Trinajstić information content (AvgIpc) is 3.12. The van der Waals surface area contributed by atoms with Gasteiger partial charge in [-0.15, -0.1) is 13.2 Å². The number of hydrogen-bond acceptors (Lipinski definition) is 5. The normalized spacial score (nSPS) is 18.0. The van der Waals surface area contributed by atoms with Crippen LogP contribution in [0.5, 0.6) is 5.75 Å². The zero-order valence-electron chi connectivity index (χ0n) is 21.4. The lowest BCUT2D eigenvalue weighted by Crippen LogP contribution is -2.35. The minimum absolute atomic E-state index is 0.165. The lowest BCUT2D eigenvalue weighted by atomic mass is 9.78. The van der Waals surface area contributed by atoms with Crippen LogP contribution in [0.25, 0.3) is 0 Å². The van der Waals surface area contributed by atoms with Gasteiger partial charge in [-0.2, -0.15) is 43.2 Å². The monoisotopic (exact) mass is 635 g/mol. The lowest BCUT2D eigenvalue weighted by molar-refractivity contribution is -0.276. The summed E-state index contributed by atoms with van der Waals surface area (Å²) in [4.78, 5) is 12.7. The first kappa shape index (κ1) is 32.7. The predicted molar refractivity (Wildman–Crippen MR) is 137 cm³/mol. The van der Waals surface area contributed by atoms with Gasteiger partial charge in [-0.1, -0.05) is 24.6 Å². The highest BCUT2D eigenvalue weighted by Gasteiger charge is 2.41. The fourth-order valence-electron chi connectivity index (χ4n) is 4.38. The molecule has 1 unspecified atom stereocenters. The molecule has 0 fully saturated rings. The molecule has 0 saturated heterocycles. The zero-order valence-corrected chi connectivity index (χ0v) is 23.0. The van der Waals surface area contributed by atoms with Crippen molar-refractivity contribution in [2.45, 2.75) is 38.5 Å². The van der Waals surface area contributed by atoms with Gasteiger partial charge in [-0.25, -0.2) is 0 Å². The van der Waals surface area contributed by atoms with Crippen molar-refractivity contribution in [3.63, 3.8) is 0 Å². The summed E-state index contributed by atoms with van der Waals surface area (Å²) in [5.41, 5.74) is -3.10. The van der Waals surface area contributed by atoms with Crippen molar-refractivity contribution < 1.29 is 49.0 Å². The second-order valence-corrected chi connectivity index (χ2v) is 10.8.